The summed E-state index contributed by atoms with van der Waals surface area (Å²) in [5, 5.41) is 9.77. The highest BCUT2D eigenvalue weighted by atomic mass is 35.5. The molecule has 0 radical (unpaired) electrons. The first kappa shape index (κ1) is 19.5. The van der Waals surface area contributed by atoms with Gasteiger partial charge in [-0.05, 0) is 42.7 Å². The van der Waals surface area contributed by atoms with Crippen molar-refractivity contribution in [2.45, 2.75) is 26.4 Å². The van der Waals surface area contributed by atoms with Crippen molar-refractivity contribution in [1.82, 2.24) is 14.4 Å². The number of rotatable bonds is 4. The largest absolute Gasteiger partial charge is 0.465 e. The first-order valence-corrected chi connectivity index (χ1v) is 9.44. The molecule has 7 heteroatoms. The molecule has 0 atom stereocenters. The number of hydrogen-bond acceptors (Lipinski definition) is 3. The Morgan fingerprint density at radius 2 is 1.78 bits per heavy atom. The van der Waals surface area contributed by atoms with Crippen LogP contribution >= 0.6 is 11.6 Å². The summed E-state index contributed by atoms with van der Waals surface area (Å²) in [5.74, 6) is 0. The van der Waals surface area contributed by atoms with Crippen LogP contribution in [0.4, 0.5) is 4.79 Å². The minimum atomic E-state index is -0.870. The standard InChI is InChI=1S/C20H24ClN3O3/c1-14(2)24-13-16(12-22-7-9-23(10-8-22)20(26)27)18(11-19(24)25)15-3-5-17(21)6-4-15/h3-6,11,13-14H,7-10,12H2,1-2H3,(H,26,27). The van der Waals surface area contributed by atoms with E-state index in [2.05, 4.69) is 4.90 Å². The van der Waals surface area contributed by atoms with Gasteiger partial charge in [-0.15, -0.1) is 0 Å². The van der Waals surface area contributed by atoms with Gasteiger partial charge in [0.1, 0.15) is 0 Å². The lowest BCUT2D eigenvalue weighted by Gasteiger charge is -2.33. The highest BCUT2D eigenvalue weighted by Gasteiger charge is 2.22. The lowest BCUT2D eigenvalue weighted by Crippen LogP contribution is -2.47. The molecule has 144 valence electrons. The molecule has 1 amide bonds. The number of halogens is 1. The van der Waals surface area contributed by atoms with E-state index in [1.165, 1.54) is 4.90 Å². The topological polar surface area (TPSA) is 65.8 Å². The van der Waals surface area contributed by atoms with Gasteiger partial charge in [0.15, 0.2) is 0 Å². The van der Waals surface area contributed by atoms with Gasteiger partial charge < -0.3 is 14.6 Å². The molecule has 3 rings (SSSR count). The van der Waals surface area contributed by atoms with Crippen LogP contribution in [0.15, 0.2) is 41.3 Å². The monoisotopic (exact) mass is 389 g/mol. The average Bonchev–Trinajstić information content (AvgIpc) is 2.64. The van der Waals surface area contributed by atoms with Crippen molar-refractivity contribution in [3.05, 3.63) is 57.5 Å². The van der Waals surface area contributed by atoms with Gasteiger partial charge in [0.2, 0.25) is 0 Å². The number of carbonyl (C=O) groups is 1. The number of benzene rings is 1. The summed E-state index contributed by atoms with van der Waals surface area (Å²) in [7, 11) is 0. The Bertz CT molecular complexity index is 869. The molecule has 0 aliphatic carbocycles. The number of aromatic nitrogens is 1. The van der Waals surface area contributed by atoms with E-state index in [4.69, 9.17) is 16.7 Å². The van der Waals surface area contributed by atoms with Gasteiger partial charge in [0.05, 0.1) is 0 Å². The fourth-order valence-electron chi connectivity index (χ4n) is 3.36. The Morgan fingerprint density at radius 1 is 1.15 bits per heavy atom. The molecule has 0 unspecified atom stereocenters. The van der Waals surface area contributed by atoms with Gasteiger partial charge in [-0.1, -0.05) is 23.7 Å². The summed E-state index contributed by atoms with van der Waals surface area (Å²) < 4.78 is 1.74. The second-order valence-electron chi connectivity index (χ2n) is 7.10. The third kappa shape index (κ3) is 4.51. The lowest BCUT2D eigenvalue weighted by atomic mass is 10.0. The van der Waals surface area contributed by atoms with E-state index in [0.717, 1.165) is 16.7 Å². The average molecular weight is 390 g/mol. The normalized spacial score (nSPS) is 15.3. The smallest absolute Gasteiger partial charge is 0.407 e. The fourth-order valence-corrected chi connectivity index (χ4v) is 3.48. The highest BCUT2D eigenvalue weighted by molar-refractivity contribution is 6.30. The number of carboxylic acid groups (broad SMARTS) is 1. The Kier molecular flexibility index (Phi) is 5.87. The zero-order valence-corrected chi connectivity index (χ0v) is 16.3. The van der Waals surface area contributed by atoms with Crippen LogP contribution in [-0.4, -0.2) is 51.7 Å². The molecule has 0 saturated carbocycles. The summed E-state index contributed by atoms with van der Waals surface area (Å²) in [6.45, 7) is 6.97. The summed E-state index contributed by atoms with van der Waals surface area (Å²) in [5.41, 5.74) is 2.87. The number of pyridine rings is 1. The molecule has 1 aliphatic rings. The molecule has 1 aromatic carbocycles. The predicted molar refractivity (Wildman–Crippen MR) is 106 cm³/mol. The molecule has 27 heavy (non-hydrogen) atoms. The summed E-state index contributed by atoms with van der Waals surface area (Å²) in [6, 6.07) is 9.23. The van der Waals surface area contributed by atoms with E-state index in [0.29, 0.717) is 37.7 Å². The zero-order valence-electron chi connectivity index (χ0n) is 15.6. The van der Waals surface area contributed by atoms with E-state index in [-0.39, 0.29) is 11.6 Å². The third-order valence-corrected chi connectivity index (χ3v) is 5.16. The van der Waals surface area contributed by atoms with E-state index in [9.17, 15) is 9.59 Å². The van der Waals surface area contributed by atoms with E-state index in [1.54, 1.807) is 10.6 Å². The fraction of sp³-hybridized carbons (Fsp3) is 0.400. The van der Waals surface area contributed by atoms with Gasteiger partial charge in [-0.3, -0.25) is 9.69 Å². The zero-order chi connectivity index (χ0) is 19.6. The minimum Gasteiger partial charge on any atom is -0.465 e. The second kappa shape index (κ2) is 8.15. The third-order valence-electron chi connectivity index (χ3n) is 4.91. The van der Waals surface area contributed by atoms with Gasteiger partial charge >= 0.3 is 6.09 Å². The summed E-state index contributed by atoms with van der Waals surface area (Å²) in [6.07, 6.45) is 1.06. The van der Waals surface area contributed by atoms with Crippen LogP contribution < -0.4 is 5.56 Å². The van der Waals surface area contributed by atoms with Gasteiger partial charge in [0, 0.05) is 56.1 Å². The van der Waals surface area contributed by atoms with Crippen LogP contribution in [0.1, 0.15) is 25.5 Å². The second-order valence-corrected chi connectivity index (χ2v) is 7.54. The van der Waals surface area contributed by atoms with Crippen molar-refractivity contribution in [3.8, 4) is 11.1 Å². The van der Waals surface area contributed by atoms with Crippen LogP contribution in [0.25, 0.3) is 11.1 Å². The molecule has 0 bridgehead atoms. The molecule has 0 spiro atoms. The Labute approximate surface area is 163 Å². The maximum atomic E-state index is 12.5. The van der Waals surface area contributed by atoms with Crippen molar-refractivity contribution in [3.63, 3.8) is 0 Å². The number of amides is 1. The molecule has 6 nitrogen and oxygen atoms in total. The van der Waals surface area contributed by atoms with Gasteiger partial charge in [-0.25, -0.2) is 4.79 Å². The molecule has 1 aromatic heterocycles. The molecule has 1 fully saturated rings. The Hall–Kier alpha value is -2.31. The molecule has 2 aromatic rings. The van der Waals surface area contributed by atoms with E-state index in [1.807, 2.05) is 44.3 Å². The summed E-state index contributed by atoms with van der Waals surface area (Å²) in [4.78, 5) is 27.3. The number of nitrogens with zero attached hydrogens (tertiary/aromatic N) is 3. The van der Waals surface area contributed by atoms with Crippen LogP contribution in [0.3, 0.4) is 0 Å². The van der Waals surface area contributed by atoms with Gasteiger partial charge in [-0.2, -0.15) is 0 Å². The van der Waals surface area contributed by atoms with Crippen molar-refractivity contribution in [2.75, 3.05) is 26.2 Å². The molecular weight excluding hydrogens is 366 g/mol. The van der Waals surface area contributed by atoms with Crippen LogP contribution in [0.2, 0.25) is 5.02 Å². The minimum absolute atomic E-state index is 0.0330. The quantitative estimate of drug-likeness (QED) is 0.868. The Morgan fingerprint density at radius 3 is 2.33 bits per heavy atom. The SMILES string of the molecule is CC(C)n1cc(CN2CCN(C(=O)O)CC2)c(-c2ccc(Cl)cc2)cc1=O. The van der Waals surface area contributed by atoms with Crippen molar-refractivity contribution in [2.24, 2.45) is 0 Å². The maximum absolute atomic E-state index is 12.5. The van der Waals surface area contributed by atoms with E-state index < -0.39 is 6.09 Å². The maximum Gasteiger partial charge on any atom is 0.407 e. The van der Waals surface area contributed by atoms with Crippen LogP contribution in [-0.2, 0) is 6.54 Å². The van der Waals surface area contributed by atoms with Crippen molar-refractivity contribution < 1.29 is 9.90 Å². The number of hydrogen-bond donors (Lipinski definition) is 1. The van der Waals surface area contributed by atoms with Crippen molar-refractivity contribution in [1.29, 1.82) is 0 Å². The molecule has 2 heterocycles. The molecule has 1 saturated heterocycles. The summed E-state index contributed by atoms with van der Waals surface area (Å²) >= 11 is 6.01. The van der Waals surface area contributed by atoms with Gasteiger partial charge in [0.25, 0.3) is 5.56 Å². The first-order valence-electron chi connectivity index (χ1n) is 9.06. The molecular formula is C20H24ClN3O3. The highest BCUT2D eigenvalue weighted by Crippen LogP contribution is 2.26. The van der Waals surface area contributed by atoms with Crippen molar-refractivity contribution >= 4 is 17.7 Å². The number of piperazine rings is 1. The Balaban J connectivity index is 1.92. The first-order chi connectivity index (χ1) is 12.8. The molecule has 1 aliphatic heterocycles. The van der Waals surface area contributed by atoms with E-state index >= 15 is 0 Å². The van der Waals surface area contributed by atoms with Crippen LogP contribution in [0, 0.1) is 0 Å². The predicted octanol–water partition coefficient (Wildman–Crippen LogP) is 3.55. The lowest BCUT2D eigenvalue weighted by molar-refractivity contribution is 0.103. The molecule has 1 N–H and O–H groups in total. The van der Waals surface area contributed by atoms with Crippen LogP contribution in [0.5, 0.6) is 0 Å².